The molecule has 4 heteroatoms. The predicted octanol–water partition coefficient (Wildman–Crippen LogP) is 2.70. The molecule has 0 saturated carbocycles. The zero-order valence-corrected chi connectivity index (χ0v) is 11.1. The lowest BCUT2D eigenvalue weighted by atomic mass is 9.98. The Bertz CT molecular complexity index is 416. The lowest BCUT2D eigenvalue weighted by Crippen LogP contribution is -2.14. The fraction of sp³-hybridized carbons (Fsp3) is 0.462. The smallest absolute Gasteiger partial charge is 0.137 e. The van der Waals surface area contributed by atoms with Gasteiger partial charge in [0.2, 0.25) is 0 Å². The topological polar surface area (TPSA) is 29.1 Å². The molecular formula is C13H15BrFNO. The third kappa shape index (κ3) is 3.36. The van der Waals surface area contributed by atoms with Crippen LogP contribution in [0.2, 0.25) is 0 Å². The highest BCUT2D eigenvalue weighted by Crippen LogP contribution is 2.22. The van der Waals surface area contributed by atoms with Gasteiger partial charge in [-0.2, -0.15) is 0 Å². The number of ketones is 1. The van der Waals surface area contributed by atoms with E-state index in [1.54, 1.807) is 12.1 Å². The van der Waals surface area contributed by atoms with Crippen LogP contribution in [0.3, 0.4) is 0 Å². The van der Waals surface area contributed by atoms with Crippen molar-refractivity contribution >= 4 is 21.7 Å². The van der Waals surface area contributed by atoms with E-state index < -0.39 is 0 Å². The molecule has 1 aromatic rings. The van der Waals surface area contributed by atoms with Crippen LogP contribution in [-0.4, -0.2) is 18.9 Å². The van der Waals surface area contributed by atoms with Crippen LogP contribution in [0.25, 0.3) is 0 Å². The molecule has 2 nitrogen and oxygen atoms in total. The summed E-state index contributed by atoms with van der Waals surface area (Å²) in [6.07, 6.45) is 1.97. The number of hydrogen-bond acceptors (Lipinski definition) is 2. The summed E-state index contributed by atoms with van der Waals surface area (Å²) < 4.78 is 13.7. The van der Waals surface area contributed by atoms with Crippen molar-refractivity contribution in [3.8, 4) is 0 Å². The minimum atomic E-state index is -0.308. The predicted molar refractivity (Wildman–Crippen MR) is 68.4 cm³/mol. The number of halogens is 2. The first-order valence-corrected chi connectivity index (χ1v) is 6.61. The molecule has 0 aliphatic carbocycles. The maximum absolute atomic E-state index is 13.3. The third-order valence-electron chi connectivity index (χ3n) is 3.10. The van der Waals surface area contributed by atoms with Crippen LogP contribution in [0.1, 0.15) is 18.4 Å². The fourth-order valence-electron chi connectivity index (χ4n) is 2.18. The van der Waals surface area contributed by atoms with Gasteiger partial charge < -0.3 is 5.32 Å². The highest BCUT2D eigenvalue weighted by Gasteiger charge is 2.19. The van der Waals surface area contributed by atoms with Crippen LogP contribution in [0.15, 0.2) is 22.7 Å². The number of carbonyl (C=O) groups is 1. The van der Waals surface area contributed by atoms with Gasteiger partial charge in [0.15, 0.2) is 0 Å². The number of carbonyl (C=O) groups excluding carboxylic acids is 1. The molecule has 2 rings (SSSR count). The van der Waals surface area contributed by atoms with Crippen LogP contribution in [0.5, 0.6) is 0 Å². The van der Waals surface area contributed by atoms with E-state index in [1.807, 2.05) is 0 Å². The minimum Gasteiger partial charge on any atom is -0.316 e. The summed E-state index contributed by atoms with van der Waals surface area (Å²) in [6, 6.07) is 4.82. The van der Waals surface area contributed by atoms with Gasteiger partial charge in [-0.05, 0) is 53.0 Å². The van der Waals surface area contributed by atoms with E-state index in [0.717, 1.165) is 25.1 Å². The van der Waals surface area contributed by atoms with E-state index in [1.165, 1.54) is 6.07 Å². The maximum Gasteiger partial charge on any atom is 0.137 e. The monoisotopic (exact) mass is 299 g/mol. The maximum atomic E-state index is 13.3. The Kier molecular flexibility index (Phi) is 4.29. The minimum absolute atomic E-state index is 0.185. The highest BCUT2D eigenvalue weighted by molar-refractivity contribution is 9.10. The van der Waals surface area contributed by atoms with Crippen LogP contribution in [0, 0.1) is 11.7 Å². The Morgan fingerprint density at radius 1 is 1.53 bits per heavy atom. The molecule has 1 N–H and O–H groups in total. The second-order valence-corrected chi connectivity index (χ2v) is 5.28. The Morgan fingerprint density at radius 2 is 2.35 bits per heavy atom. The number of hydrogen-bond donors (Lipinski definition) is 1. The van der Waals surface area contributed by atoms with Gasteiger partial charge >= 0.3 is 0 Å². The van der Waals surface area contributed by atoms with Gasteiger partial charge in [0.05, 0.1) is 4.47 Å². The largest absolute Gasteiger partial charge is 0.316 e. The molecule has 1 aliphatic heterocycles. The molecule has 1 aromatic carbocycles. The normalized spacial score (nSPS) is 19.5. The second kappa shape index (κ2) is 5.74. The molecule has 17 heavy (non-hydrogen) atoms. The number of benzene rings is 1. The van der Waals surface area contributed by atoms with Gasteiger partial charge in [-0.3, -0.25) is 4.79 Å². The van der Waals surface area contributed by atoms with Gasteiger partial charge in [-0.1, -0.05) is 12.1 Å². The van der Waals surface area contributed by atoms with Gasteiger partial charge in [0.1, 0.15) is 11.6 Å². The summed E-state index contributed by atoms with van der Waals surface area (Å²) in [7, 11) is 0. The average Bonchev–Trinajstić information content (AvgIpc) is 2.77. The molecule has 1 aliphatic rings. The number of nitrogens with one attached hydrogen (secondary N) is 1. The SMILES string of the molecule is O=C(Cc1cccc(F)c1Br)CC1CCNC1. The molecule has 0 bridgehead atoms. The third-order valence-corrected chi connectivity index (χ3v) is 3.99. The molecule has 1 heterocycles. The Hall–Kier alpha value is -0.740. The van der Waals surface area contributed by atoms with E-state index in [4.69, 9.17) is 0 Å². The van der Waals surface area contributed by atoms with Crippen molar-refractivity contribution in [2.75, 3.05) is 13.1 Å². The average molecular weight is 300 g/mol. The molecule has 1 unspecified atom stereocenters. The number of Topliss-reactive ketones (excluding diaryl/α,β-unsaturated/α-hetero) is 1. The van der Waals surface area contributed by atoms with Crippen molar-refractivity contribution in [2.45, 2.75) is 19.3 Å². The Labute approximate surface area is 109 Å². The molecule has 1 atom stereocenters. The van der Waals surface area contributed by atoms with Crippen LogP contribution >= 0.6 is 15.9 Å². The van der Waals surface area contributed by atoms with Crippen molar-refractivity contribution < 1.29 is 9.18 Å². The molecule has 0 amide bonds. The van der Waals surface area contributed by atoms with Crippen molar-refractivity contribution in [3.63, 3.8) is 0 Å². The lowest BCUT2D eigenvalue weighted by Gasteiger charge is -2.08. The molecule has 1 saturated heterocycles. The molecule has 0 aromatic heterocycles. The first kappa shape index (κ1) is 12.7. The quantitative estimate of drug-likeness (QED) is 0.926. The molecular weight excluding hydrogens is 285 g/mol. The molecule has 0 spiro atoms. The van der Waals surface area contributed by atoms with Crippen LogP contribution < -0.4 is 5.32 Å². The first-order chi connectivity index (χ1) is 8.16. The van der Waals surface area contributed by atoms with E-state index in [2.05, 4.69) is 21.2 Å². The Balaban J connectivity index is 1.95. The van der Waals surface area contributed by atoms with Gasteiger partial charge in [0.25, 0.3) is 0 Å². The summed E-state index contributed by atoms with van der Waals surface area (Å²) in [5.74, 6) is 0.331. The van der Waals surface area contributed by atoms with Crippen LogP contribution in [0.4, 0.5) is 4.39 Å². The van der Waals surface area contributed by atoms with E-state index in [-0.39, 0.29) is 11.6 Å². The van der Waals surface area contributed by atoms with E-state index >= 15 is 0 Å². The zero-order chi connectivity index (χ0) is 12.3. The summed E-state index contributed by atoms with van der Waals surface area (Å²) in [5.41, 5.74) is 0.737. The van der Waals surface area contributed by atoms with Crippen molar-refractivity contribution in [2.24, 2.45) is 5.92 Å². The van der Waals surface area contributed by atoms with E-state index in [9.17, 15) is 9.18 Å². The summed E-state index contributed by atoms with van der Waals surface area (Å²) in [4.78, 5) is 11.9. The van der Waals surface area contributed by atoms with Crippen molar-refractivity contribution in [1.82, 2.24) is 5.32 Å². The highest BCUT2D eigenvalue weighted by atomic mass is 79.9. The van der Waals surface area contributed by atoms with E-state index in [0.29, 0.717) is 23.2 Å². The lowest BCUT2D eigenvalue weighted by molar-refractivity contribution is -0.119. The molecule has 92 valence electrons. The number of rotatable bonds is 4. The summed E-state index contributed by atoms with van der Waals surface area (Å²) in [6.45, 7) is 1.93. The molecule has 1 fully saturated rings. The van der Waals surface area contributed by atoms with Crippen molar-refractivity contribution in [3.05, 3.63) is 34.1 Å². The van der Waals surface area contributed by atoms with Gasteiger partial charge in [-0.15, -0.1) is 0 Å². The summed E-state index contributed by atoms with van der Waals surface area (Å²) in [5, 5.41) is 3.24. The molecule has 0 radical (unpaired) electrons. The Morgan fingerprint density at radius 3 is 3.06 bits per heavy atom. The van der Waals surface area contributed by atoms with Crippen LogP contribution in [-0.2, 0) is 11.2 Å². The van der Waals surface area contributed by atoms with Crippen molar-refractivity contribution in [1.29, 1.82) is 0 Å². The summed E-state index contributed by atoms with van der Waals surface area (Å²) >= 11 is 3.18. The zero-order valence-electron chi connectivity index (χ0n) is 9.51. The first-order valence-electron chi connectivity index (χ1n) is 5.82. The van der Waals surface area contributed by atoms with Gasteiger partial charge in [0, 0.05) is 12.8 Å². The fourth-order valence-corrected chi connectivity index (χ4v) is 2.58. The standard InChI is InChI=1S/C13H15BrFNO/c14-13-10(2-1-3-12(13)15)7-11(17)6-9-4-5-16-8-9/h1-3,9,16H,4-8H2. The van der Waals surface area contributed by atoms with Gasteiger partial charge in [-0.25, -0.2) is 4.39 Å². The second-order valence-electron chi connectivity index (χ2n) is 4.49.